The van der Waals surface area contributed by atoms with Gasteiger partial charge in [-0.15, -0.1) is 10.2 Å². The van der Waals surface area contributed by atoms with Crippen molar-refractivity contribution in [3.63, 3.8) is 0 Å². The fraction of sp³-hybridized carbons (Fsp3) is 0.526. The van der Waals surface area contributed by atoms with E-state index in [4.69, 9.17) is 4.74 Å². The average Bonchev–Trinajstić information content (AvgIpc) is 3.42. The molecule has 0 saturated carbocycles. The van der Waals surface area contributed by atoms with Gasteiger partial charge in [-0.2, -0.15) is 4.80 Å². The van der Waals surface area contributed by atoms with E-state index >= 15 is 0 Å². The lowest BCUT2D eigenvalue weighted by atomic mass is 10.0. The molecule has 0 aliphatic carbocycles. The first-order valence-corrected chi connectivity index (χ1v) is 10.2. The minimum absolute atomic E-state index is 0.0358. The second kappa shape index (κ2) is 8.82. The van der Waals surface area contributed by atoms with Crippen molar-refractivity contribution in [2.24, 2.45) is 0 Å². The lowest BCUT2D eigenvalue weighted by Crippen LogP contribution is -2.36. The Morgan fingerprint density at radius 2 is 1.97 bits per heavy atom. The van der Waals surface area contributed by atoms with Gasteiger partial charge < -0.3 is 15.0 Å². The zero-order chi connectivity index (χ0) is 22.0. The number of amides is 2. The summed E-state index contributed by atoms with van der Waals surface area (Å²) in [5.41, 5.74) is -0.0390. The van der Waals surface area contributed by atoms with E-state index < -0.39 is 23.8 Å². The number of nitrogens with one attached hydrogen (secondary N) is 1. The maximum absolute atomic E-state index is 14.9. The van der Waals surface area contributed by atoms with Crippen LogP contribution >= 0.6 is 0 Å². The fourth-order valence-corrected chi connectivity index (χ4v) is 3.86. The zero-order valence-corrected chi connectivity index (χ0v) is 17.0. The molecule has 2 aromatic rings. The van der Waals surface area contributed by atoms with Crippen LogP contribution < -0.4 is 15.1 Å². The maximum Gasteiger partial charge on any atom is 0.414 e. The van der Waals surface area contributed by atoms with Crippen molar-refractivity contribution >= 4 is 23.4 Å². The largest absolute Gasteiger partial charge is 0.442 e. The Hall–Kier alpha value is -3.31. The van der Waals surface area contributed by atoms with Crippen molar-refractivity contribution < 1.29 is 23.1 Å². The van der Waals surface area contributed by atoms with Gasteiger partial charge in [-0.05, 0) is 18.1 Å². The van der Waals surface area contributed by atoms with Gasteiger partial charge in [0.15, 0.2) is 18.0 Å². The molecule has 0 spiro atoms. The molecule has 166 valence electrons. The first-order chi connectivity index (χ1) is 15.0. The number of hydrogen-bond acceptors (Lipinski definition) is 7. The van der Waals surface area contributed by atoms with E-state index in [2.05, 4.69) is 20.7 Å². The number of anilines is 2. The van der Waals surface area contributed by atoms with Gasteiger partial charge in [0, 0.05) is 31.6 Å². The highest BCUT2D eigenvalue weighted by Gasteiger charge is 2.34. The topological polar surface area (TPSA) is 105 Å². The summed E-state index contributed by atoms with van der Waals surface area (Å²) in [6, 6.07) is 2.31. The van der Waals surface area contributed by atoms with Crippen molar-refractivity contribution in [1.82, 2.24) is 25.5 Å². The average molecular weight is 435 g/mol. The number of aromatic nitrogens is 4. The Bertz CT molecular complexity index is 925. The van der Waals surface area contributed by atoms with Crippen LogP contribution in [0.5, 0.6) is 0 Å². The Labute approximate surface area is 177 Å². The third-order valence-corrected chi connectivity index (χ3v) is 5.51. The summed E-state index contributed by atoms with van der Waals surface area (Å²) in [7, 11) is 0. The predicted molar refractivity (Wildman–Crippen MR) is 106 cm³/mol. The molecule has 0 unspecified atom stereocenters. The molecule has 12 heteroatoms. The molecule has 10 nitrogen and oxygen atoms in total. The van der Waals surface area contributed by atoms with E-state index in [1.807, 2.05) is 0 Å². The molecule has 2 amide bonds. The Balaban J connectivity index is 1.43. The Morgan fingerprint density at radius 1 is 1.26 bits per heavy atom. The van der Waals surface area contributed by atoms with Crippen LogP contribution in [0.1, 0.15) is 32.2 Å². The van der Waals surface area contributed by atoms with Crippen LogP contribution in [0.3, 0.4) is 0 Å². The van der Waals surface area contributed by atoms with E-state index in [-0.39, 0.29) is 36.4 Å². The lowest BCUT2D eigenvalue weighted by Gasteiger charge is -2.33. The Morgan fingerprint density at radius 3 is 2.58 bits per heavy atom. The van der Waals surface area contributed by atoms with E-state index in [0.717, 1.165) is 12.1 Å². The summed E-state index contributed by atoms with van der Waals surface area (Å²) < 4.78 is 35.0. The number of cyclic esters (lactones) is 1. The molecular weight excluding hydrogens is 412 g/mol. The minimum Gasteiger partial charge on any atom is -0.442 e. The molecule has 1 aromatic heterocycles. The van der Waals surface area contributed by atoms with Crippen molar-refractivity contribution in [2.45, 2.75) is 38.3 Å². The highest BCUT2D eigenvalue weighted by Crippen LogP contribution is 2.33. The molecular formula is C19H23F2N7O3. The molecule has 2 saturated heterocycles. The molecule has 2 aliphatic heterocycles. The third kappa shape index (κ3) is 4.42. The predicted octanol–water partition coefficient (Wildman–Crippen LogP) is 1.64. The molecule has 1 N–H and O–H groups in total. The maximum atomic E-state index is 14.9. The molecule has 1 aromatic carbocycles. The van der Waals surface area contributed by atoms with Gasteiger partial charge >= 0.3 is 6.09 Å². The van der Waals surface area contributed by atoms with Crippen molar-refractivity contribution in [3.8, 4) is 0 Å². The van der Waals surface area contributed by atoms with Crippen LogP contribution in [0, 0.1) is 11.6 Å². The molecule has 0 radical (unpaired) electrons. The number of ether oxygens (including phenoxy) is 1. The summed E-state index contributed by atoms with van der Waals surface area (Å²) in [5.74, 6) is -1.66. The van der Waals surface area contributed by atoms with Crippen molar-refractivity contribution in [1.29, 1.82) is 0 Å². The number of rotatable bonds is 6. The van der Waals surface area contributed by atoms with Gasteiger partial charge in [0.1, 0.15) is 11.8 Å². The van der Waals surface area contributed by atoms with Crippen molar-refractivity contribution in [3.05, 3.63) is 30.1 Å². The van der Waals surface area contributed by atoms with Gasteiger partial charge in [0.25, 0.3) is 0 Å². The zero-order valence-electron chi connectivity index (χ0n) is 17.0. The Kier molecular flexibility index (Phi) is 5.96. The summed E-state index contributed by atoms with van der Waals surface area (Å²) in [4.78, 5) is 27.9. The quantitative estimate of drug-likeness (QED) is 0.735. The summed E-state index contributed by atoms with van der Waals surface area (Å²) >= 11 is 0. The number of nitrogens with zero attached hydrogens (tertiary/aromatic N) is 6. The number of tetrazole rings is 1. The molecule has 31 heavy (non-hydrogen) atoms. The molecule has 2 aliphatic rings. The van der Waals surface area contributed by atoms with Gasteiger partial charge in [-0.25, -0.2) is 13.6 Å². The number of halogens is 2. The van der Waals surface area contributed by atoms with Gasteiger partial charge in [-0.1, -0.05) is 6.92 Å². The molecule has 1 atom stereocenters. The summed E-state index contributed by atoms with van der Waals surface area (Å²) in [6.45, 7) is 2.82. The molecule has 2 fully saturated rings. The van der Waals surface area contributed by atoms with Gasteiger partial charge in [0.05, 0.1) is 24.8 Å². The van der Waals surface area contributed by atoms with Gasteiger partial charge in [0.2, 0.25) is 5.91 Å². The molecule has 0 bridgehead atoms. The SMILES string of the molecule is CCC(=O)NC[C@H]1CN(c2cc(F)c(N3CCC(n4ncnn4)CC3)c(F)c2)C(=O)O1. The monoisotopic (exact) mass is 435 g/mol. The van der Waals surface area contributed by atoms with Crippen LogP contribution in [0.15, 0.2) is 18.5 Å². The number of hydrogen-bond donors (Lipinski definition) is 1. The summed E-state index contributed by atoms with van der Waals surface area (Å²) in [6.07, 6.45) is 1.63. The first-order valence-electron chi connectivity index (χ1n) is 10.2. The number of carbonyl (C=O) groups excluding carboxylic acids is 2. The van der Waals surface area contributed by atoms with Crippen LogP contribution in [0.4, 0.5) is 25.0 Å². The highest BCUT2D eigenvalue weighted by molar-refractivity contribution is 5.90. The number of piperidine rings is 1. The second-order valence-corrected chi connectivity index (χ2v) is 7.51. The normalized spacial score (nSPS) is 19.6. The van der Waals surface area contributed by atoms with E-state index in [1.54, 1.807) is 11.8 Å². The summed E-state index contributed by atoms with van der Waals surface area (Å²) in [5, 5.41) is 14.2. The van der Waals surface area contributed by atoms with Crippen LogP contribution in [0.25, 0.3) is 0 Å². The number of carbonyl (C=O) groups is 2. The first kappa shape index (κ1) is 20.9. The number of benzene rings is 1. The van der Waals surface area contributed by atoms with E-state index in [1.165, 1.54) is 16.0 Å². The van der Waals surface area contributed by atoms with Crippen molar-refractivity contribution in [2.75, 3.05) is 36.0 Å². The van der Waals surface area contributed by atoms with E-state index in [9.17, 15) is 18.4 Å². The van der Waals surface area contributed by atoms with Crippen LogP contribution in [0.2, 0.25) is 0 Å². The molecule has 4 rings (SSSR count). The van der Waals surface area contributed by atoms with Crippen LogP contribution in [-0.4, -0.2) is 64.5 Å². The second-order valence-electron chi connectivity index (χ2n) is 7.51. The third-order valence-electron chi connectivity index (χ3n) is 5.51. The van der Waals surface area contributed by atoms with Gasteiger partial charge in [-0.3, -0.25) is 9.69 Å². The smallest absolute Gasteiger partial charge is 0.414 e. The van der Waals surface area contributed by atoms with E-state index in [0.29, 0.717) is 32.4 Å². The van der Waals surface area contributed by atoms with Crippen LogP contribution in [-0.2, 0) is 9.53 Å². The minimum atomic E-state index is -0.747. The highest BCUT2D eigenvalue weighted by atomic mass is 19.1. The standard InChI is InChI=1S/C19H23F2N7O3/c1-2-17(29)22-9-14-10-27(19(30)31-14)13-7-15(20)18(16(21)8-13)26-5-3-12(4-6-26)28-24-11-23-25-28/h7-8,11-12,14H,2-6,9-10H2,1H3,(H,22,29)/t14-/m0/s1. The fourth-order valence-electron chi connectivity index (χ4n) is 3.86. The lowest BCUT2D eigenvalue weighted by molar-refractivity contribution is -0.121. The molecule has 3 heterocycles.